The average molecular weight is 297 g/mol. The Bertz CT molecular complexity index is 351. The second-order valence-corrected chi connectivity index (χ2v) is 5.90. The van der Waals surface area contributed by atoms with E-state index in [2.05, 4.69) is 19.1 Å². The van der Waals surface area contributed by atoms with Gasteiger partial charge in [0.05, 0.1) is 7.11 Å². The topological polar surface area (TPSA) is 9.23 Å². The molecule has 0 aliphatic heterocycles. The number of methoxy groups -OCH3 is 1. The Morgan fingerprint density at radius 2 is 1.75 bits per heavy atom. The molecule has 0 radical (unpaired) electrons. The van der Waals surface area contributed by atoms with Gasteiger partial charge in [-0.2, -0.15) is 0 Å². The van der Waals surface area contributed by atoms with Crippen LogP contribution >= 0.6 is 11.6 Å². The van der Waals surface area contributed by atoms with Crippen LogP contribution in [0.5, 0.6) is 5.75 Å². The summed E-state index contributed by atoms with van der Waals surface area (Å²) in [4.78, 5) is 0. The van der Waals surface area contributed by atoms with Crippen molar-refractivity contribution >= 4 is 11.6 Å². The molecular weight excluding hydrogens is 268 g/mol. The lowest BCUT2D eigenvalue weighted by Gasteiger charge is -2.16. The quantitative estimate of drug-likeness (QED) is 0.368. The third-order valence-corrected chi connectivity index (χ3v) is 4.32. The first kappa shape index (κ1) is 17.4. The summed E-state index contributed by atoms with van der Waals surface area (Å²) in [6.07, 6.45) is 10.4. The van der Waals surface area contributed by atoms with Gasteiger partial charge in [-0.1, -0.05) is 63.6 Å². The van der Waals surface area contributed by atoms with Crippen LogP contribution in [0.2, 0.25) is 0 Å². The number of unbranched alkanes of at least 4 members (excludes halogenated alkanes) is 5. The Morgan fingerprint density at radius 3 is 2.45 bits per heavy atom. The number of benzene rings is 1. The van der Waals surface area contributed by atoms with Crippen molar-refractivity contribution in [2.75, 3.05) is 13.0 Å². The van der Waals surface area contributed by atoms with Crippen molar-refractivity contribution in [2.45, 2.75) is 58.3 Å². The lowest BCUT2D eigenvalue weighted by Crippen LogP contribution is -2.07. The molecule has 0 saturated carbocycles. The number of hydrogen-bond acceptors (Lipinski definition) is 1. The van der Waals surface area contributed by atoms with Crippen molar-refractivity contribution in [3.05, 3.63) is 29.8 Å². The van der Waals surface area contributed by atoms with Gasteiger partial charge < -0.3 is 4.74 Å². The van der Waals surface area contributed by atoms with Gasteiger partial charge >= 0.3 is 0 Å². The zero-order valence-electron chi connectivity index (χ0n) is 13.0. The molecule has 0 aliphatic rings. The van der Waals surface area contributed by atoms with Crippen molar-refractivity contribution in [2.24, 2.45) is 5.92 Å². The molecule has 0 aliphatic carbocycles. The predicted molar refractivity (Wildman–Crippen MR) is 88.9 cm³/mol. The highest BCUT2D eigenvalue weighted by Crippen LogP contribution is 2.24. The van der Waals surface area contributed by atoms with Crippen LogP contribution in [0.15, 0.2) is 24.3 Å². The van der Waals surface area contributed by atoms with Crippen LogP contribution in [-0.2, 0) is 6.42 Å². The molecule has 0 bridgehead atoms. The third-order valence-electron chi connectivity index (χ3n) is 3.89. The Labute approximate surface area is 129 Å². The second-order valence-electron chi connectivity index (χ2n) is 5.59. The van der Waals surface area contributed by atoms with E-state index in [9.17, 15) is 0 Å². The van der Waals surface area contributed by atoms with Crippen molar-refractivity contribution in [3.63, 3.8) is 0 Å². The number of para-hydroxylation sites is 1. The smallest absolute Gasteiger partial charge is 0.122 e. The molecule has 1 aromatic rings. The molecule has 0 amide bonds. The Morgan fingerprint density at radius 1 is 1.05 bits per heavy atom. The van der Waals surface area contributed by atoms with Crippen LogP contribution in [0.25, 0.3) is 0 Å². The monoisotopic (exact) mass is 296 g/mol. The molecule has 0 heterocycles. The first-order valence-corrected chi connectivity index (χ1v) is 8.53. The van der Waals surface area contributed by atoms with E-state index in [4.69, 9.17) is 16.3 Å². The SMILES string of the molecule is CCCCCCCCC(CCl)Cc1ccccc1OC. The number of halogens is 1. The molecule has 20 heavy (non-hydrogen) atoms. The Kier molecular flexibility index (Phi) is 9.57. The second kappa shape index (κ2) is 11.0. The molecule has 0 aromatic heterocycles. The van der Waals surface area contributed by atoms with Gasteiger partial charge in [0.1, 0.15) is 5.75 Å². The average Bonchev–Trinajstić information content (AvgIpc) is 2.50. The highest BCUT2D eigenvalue weighted by atomic mass is 35.5. The van der Waals surface area contributed by atoms with Crippen LogP contribution in [0, 0.1) is 5.92 Å². The fourth-order valence-corrected chi connectivity index (χ4v) is 2.89. The minimum absolute atomic E-state index is 0.569. The molecule has 1 unspecified atom stereocenters. The zero-order valence-corrected chi connectivity index (χ0v) is 13.8. The normalized spacial score (nSPS) is 12.3. The van der Waals surface area contributed by atoms with Gasteiger partial charge in [0.2, 0.25) is 0 Å². The summed E-state index contributed by atoms with van der Waals surface area (Å²) in [5, 5.41) is 0. The van der Waals surface area contributed by atoms with E-state index in [1.54, 1.807) is 7.11 Å². The van der Waals surface area contributed by atoms with Crippen molar-refractivity contribution in [1.82, 2.24) is 0 Å². The first-order valence-electron chi connectivity index (χ1n) is 7.99. The lowest BCUT2D eigenvalue weighted by atomic mass is 9.94. The maximum Gasteiger partial charge on any atom is 0.122 e. The summed E-state index contributed by atoms with van der Waals surface area (Å²) >= 11 is 6.13. The molecule has 0 N–H and O–H groups in total. The van der Waals surface area contributed by atoms with Crippen LogP contribution in [0.4, 0.5) is 0 Å². The summed E-state index contributed by atoms with van der Waals surface area (Å²) < 4.78 is 5.42. The van der Waals surface area contributed by atoms with Crippen molar-refractivity contribution in [1.29, 1.82) is 0 Å². The minimum Gasteiger partial charge on any atom is -0.496 e. The summed E-state index contributed by atoms with van der Waals surface area (Å²) in [5.74, 6) is 2.30. The number of hydrogen-bond donors (Lipinski definition) is 0. The van der Waals surface area contributed by atoms with Crippen molar-refractivity contribution in [3.8, 4) is 5.75 Å². The van der Waals surface area contributed by atoms with Gasteiger partial charge in [0.15, 0.2) is 0 Å². The molecule has 0 fully saturated rings. The fraction of sp³-hybridized carbons (Fsp3) is 0.667. The summed E-state index contributed by atoms with van der Waals surface area (Å²) in [5.41, 5.74) is 1.28. The Hall–Kier alpha value is -0.690. The largest absolute Gasteiger partial charge is 0.496 e. The van der Waals surface area contributed by atoms with E-state index in [1.807, 2.05) is 12.1 Å². The van der Waals surface area contributed by atoms with E-state index in [1.165, 1.54) is 50.5 Å². The van der Waals surface area contributed by atoms with E-state index >= 15 is 0 Å². The maximum atomic E-state index is 6.13. The summed E-state index contributed by atoms with van der Waals surface area (Å²) in [6, 6.07) is 8.28. The fourth-order valence-electron chi connectivity index (χ4n) is 2.63. The van der Waals surface area contributed by atoms with Gasteiger partial charge in [0.25, 0.3) is 0 Å². The van der Waals surface area contributed by atoms with Crippen LogP contribution < -0.4 is 4.74 Å². The molecule has 1 aromatic carbocycles. The molecule has 1 nitrogen and oxygen atoms in total. The van der Waals surface area contributed by atoms with E-state index in [0.29, 0.717) is 5.92 Å². The molecule has 1 atom stereocenters. The molecule has 1 rings (SSSR count). The minimum atomic E-state index is 0.569. The molecule has 0 spiro atoms. The van der Waals surface area contributed by atoms with Crippen LogP contribution in [0.3, 0.4) is 0 Å². The standard InChI is InChI=1S/C18H29ClO/c1-3-4-5-6-7-8-11-16(15-19)14-17-12-9-10-13-18(17)20-2/h9-10,12-13,16H,3-8,11,14-15H2,1-2H3. The number of ether oxygens (including phenoxy) is 1. The third kappa shape index (κ3) is 6.65. The highest BCUT2D eigenvalue weighted by molar-refractivity contribution is 6.18. The molecular formula is C18H29ClO. The zero-order chi connectivity index (χ0) is 14.6. The molecule has 0 saturated heterocycles. The van der Waals surface area contributed by atoms with Gasteiger partial charge in [-0.15, -0.1) is 11.6 Å². The summed E-state index contributed by atoms with van der Waals surface area (Å²) in [6.45, 7) is 2.26. The lowest BCUT2D eigenvalue weighted by molar-refractivity contribution is 0.402. The van der Waals surface area contributed by atoms with Gasteiger partial charge in [0, 0.05) is 5.88 Å². The van der Waals surface area contributed by atoms with Gasteiger partial charge in [-0.25, -0.2) is 0 Å². The van der Waals surface area contributed by atoms with Gasteiger partial charge in [-0.05, 0) is 30.4 Å². The van der Waals surface area contributed by atoms with Crippen LogP contribution in [0.1, 0.15) is 57.4 Å². The summed E-state index contributed by atoms with van der Waals surface area (Å²) in [7, 11) is 1.74. The van der Waals surface area contributed by atoms with Gasteiger partial charge in [-0.3, -0.25) is 0 Å². The van der Waals surface area contributed by atoms with E-state index in [-0.39, 0.29) is 0 Å². The van der Waals surface area contributed by atoms with Crippen molar-refractivity contribution < 1.29 is 4.74 Å². The molecule has 2 heteroatoms. The number of rotatable bonds is 11. The predicted octanol–water partition coefficient (Wildman–Crippen LogP) is 5.84. The highest BCUT2D eigenvalue weighted by Gasteiger charge is 2.11. The maximum absolute atomic E-state index is 6.13. The first-order chi connectivity index (χ1) is 9.81. The number of alkyl halides is 1. The van der Waals surface area contributed by atoms with Crippen LogP contribution in [-0.4, -0.2) is 13.0 Å². The van der Waals surface area contributed by atoms with E-state index < -0.39 is 0 Å². The molecule has 114 valence electrons. The Balaban J connectivity index is 2.31. The van der Waals surface area contributed by atoms with E-state index in [0.717, 1.165) is 18.1 Å².